The first-order valence-electron chi connectivity index (χ1n) is 18.9. The minimum atomic E-state index is -0.485. The maximum absolute atomic E-state index is 12.3. The van der Waals surface area contributed by atoms with Gasteiger partial charge in [0, 0.05) is 24.4 Å². The maximum Gasteiger partial charge on any atom is 0.411 e. The van der Waals surface area contributed by atoms with Gasteiger partial charge in [0.15, 0.2) is 0 Å². The normalized spacial score (nSPS) is 22.9. The molecule has 0 radical (unpaired) electrons. The predicted octanol–water partition coefficient (Wildman–Crippen LogP) is 8.98. The maximum atomic E-state index is 12.3. The molecule has 2 aromatic heterocycles. The van der Waals surface area contributed by atoms with Crippen molar-refractivity contribution in [3.05, 3.63) is 127 Å². The average Bonchev–Trinajstić information content (AvgIpc) is 3.84. The van der Waals surface area contributed by atoms with Crippen molar-refractivity contribution in [3.63, 3.8) is 0 Å². The van der Waals surface area contributed by atoms with Gasteiger partial charge in [0.1, 0.15) is 11.6 Å². The van der Waals surface area contributed by atoms with Gasteiger partial charge < -0.3 is 24.9 Å². The molecule has 1 amide bonds. The Balaban J connectivity index is 0.868. The van der Waals surface area contributed by atoms with Gasteiger partial charge in [-0.1, -0.05) is 78.9 Å². The summed E-state index contributed by atoms with van der Waals surface area (Å²) in [6, 6.07) is 33.1. The molecule has 4 atom stereocenters. The number of hydrogen-bond acceptors (Lipinski definition) is 6. The SMILES string of the molecule is COC(=O)NC(=CN1CC2(CC2)CC1c1ncc(-c2ccc3cc(-c4ccc(-c5cnc(C6NC7CCC6C7)[nH]5)cc4)ccc3c2)[nH]1)c1ccccc1. The number of aromatic amines is 2. The first kappa shape index (κ1) is 32.0. The highest BCUT2D eigenvalue weighted by atomic mass is 16.5. The van der Waals surface area contributed by atoms with Crippen molar-refractivity contribution in [1.29, 1.82) is 0 Å². The summed E-state index contributed by atoms with van der Waals surface area (Å²) in [5, 5.41) is 9.06. The molecule has 4 aromatic carbocycles. The molecule has 4 unspecified atom stereocenters. The van der Waals surface area contributed by atoms with Crippen LogP contribution < -0.4 is 10.6 Å². The Bertz CT molecular complexity index is 2340. The highest BCUT2D eigenvalue weighted by Crippen LogP contribution is 2.58. The Morgan fingerprint density at radius 2 is 1.51 bits per heavy atom. The van der Waals surface area contributed by atoms with Crippen molar-refractivity contribution in [2.24, 2.45) is 11.3 Å². The van der Waals surface area contributed by atoms with Crippen LogP contribution in [0, 0.1) is 11.3 Å². The smallest absolute Gasteiger partial charge is 0.411 e. The molecular formula is C44H43N7O2. The van der Waals surface area contributed by atoms with Crippen LogP contribution in [-0.2, 0) is 4.74 Å². The molecule has 2 saturated carbocycles. The Kier molecular flexibility index (Phi) is 7.72. The molecule has 2 aliphatic carbocycles. The van der Waals surface area contributed by atoms with E-state index in [1.165, 1.54) is 61.1 Å². The topological polar surface area (TPSA) is 111 Å². The molecule has 9 nitrogen and oxygen atoms in total. The quantitative estimate of drug-likeness (QED) is 0.126. The number of rotatable bonds is 8. The van der Waals surface area contributed by atoms with Crippen molar-refractivity contribution in [2.75, 3.05) is 13.7 Å². The zero-order valence-electron chi connectivity index (χ0n) is 29.8. The van der Waals surface area contributed by atoms with E-state index < -0.39 is 6.09 Å². The lowest BCUT2D eigenvalue weighted by molar-refractivity contribution is 0.176. The van der Waals surface area contributed by atoms with Crippen LogP contribution in [0.3, 0.4) is 0 Å². The summed E-state index contributed by atoms with van der Waals surface area (Å²) in [5.41, 5.74) is 8.65. The molecule has 4 N–H and O–H groups in total. The Labute approximate surface area is 308 Å². The van der Waals surface area contributed by atoms with Gasteiger partial charge >= 0.3 is 6.09 Å². The van der Waals surface area contributed by atoms with Crippen LogP contribution in [0.5, 0.6) is 0 Å². The van der Waals surface area contributed by atoms with E-state index in [1.54, 1.807) is 0 Å². The third kappa shape index (κ3) is 6.08. The fraction of sp³-hybridized carbons (Fsp3) is 0.295. The van der Waals surface area contributed by atoms with E-state index in [1.807, 2.05) is 42.7 Å². The van der Waals surface area contributed by atoms with Crippen molar-refractivity contribution < 1.29 is 9.53 Å². The molecule has 2 aliphatic heterocycles. The van der Waals surface area contributed by atoms with Crippen LogP contribution in [0.15, 0.2) is 110 Å². The number of nitrogens with zero attached hydrogens (tertiary/aromatic N) is 3. The predicted molar refractivity (Wildman–Crippen MR) is 207 cm³/mol. The van der Waals surface area contributed by atoms with Crippen molar-refractivity contribution in [3.8, 4) is 33.6 Å². The molecule has 1 spiro atoms. The molecule has 2 saturated heterocycles. The Morgan fingerprint density at radius 3 is 2.23 bits per heavy atom. The monoisotopic (exact) mass is 701 g/mol. The molecule has 4 aliphatic rings. The number of carbonyl (C=O) groups excluding carboxylic acids is 1. The zero-order chi connectivity index (χ0) is 35.5. The van der Waals surface area contributed by atoms with E-state index in [9.17, 15) is 4.79 Å². The summed E-state index contributed by atoms with van der Waals surface area (Å²) >= 11 is 0. The van der Waals surface area contributed by atoms with E-state index in [0.717, 1.165) is 52.7 Å². The Hall–Kier alpha value is -5.67. The van der Waals surface area contributed by atoms with Crippen LogP contribution in [-0.4, -0.2) is 50.6 Å². The third-order valence-corrected chi connectivity index (χ3v) is 12.1. The van der Waals surface area contributed by atoms with Crippen LogP contribution >= 0.6 is 0 Å². The number of H-pyrrole nitrogens is 2. The number of carbonyl (C=O) groups is 1. The summed E-state index contributed by atoms with van der Waals surface area (Å²) in [7, 11) is 1.39. The lowest BCUT2D eigenvalue weighted by Gasteiger charge is -2.23. The number of alkyl carbamates (subject to hydrolysis) is 1. The first-order valence-corrected chi connectivity index (χ1v) is 18.9. The number of nitrogens with one attached hydrogen (secondary N) is 4. The molecule has 266 valence electrons. The number of methoxy groups -OCH3 is 1. The largest absolute Gasteiger partial charge is 0.453 e. The van der Waals surface area contributed by atoms with Gasteiger partial charge in [-0.15, -0.1) is 0 Å². The molecular weight excluding hydrogens is 659 g/mol. The number of imidazole rings is 2. The molecule has 10 rings (SSSR count). The summed E-state index contributed by atoms with van der Waals surface area (Å²) < 4.78 is 4.95. The number of hydrogen-bond donors (Lipinski definition) is 4. The van der Waals surface area contributed by atoms with E-state index in [-0.39, 0.29) is 6.04 Å². The molecule has 6 aromatic rings. The number of benzene rings is 4. The minimum absolute atomic E-state index is 0.0773. The third-order valence-electron chi connectivity index (χ3n) is 12.1. The van der Waals surface area contributed by atoms with E-state index in [0.29, 0.717) is 29.1 Å². The summed E-state index contributed by atoms with van der Waals surface area (Å²) in [4.78, 5) is 31.6. The molecule has 9 heteroatoms. The van der Waals surface area contributed by atoms with Gasteiger partial charge in [0.25, 0.3) is 0 Å². The van der Waals surface area contributed by atoms with Gasteiger partial charge in [-0.25, -0.2) is 14.8 Å². The Morgan fingerprint density at radius 1 is 0.830 bits per heavy atom. The molecule has 2 bridgehead atoms. The van der Waals surface area contributed by atoms with Crippen LogP contribution in [0.25, 0.3) is 50.1 Å². The number of fused-ring (bicyclic) bond motifs is 3. The fourth-order valence-electron chi connectivity index (χ4n) is 9.03. The number of amides is 1. The molecule has 53 heavy (non-hydrogen) atoms. The fourth-order valence-corrected chi connectivity index (χ4v) is 9.03. The second kappa shape index (κ2) is 12.8. The summed E-state index contributed by atoms with van der Waals surface area (Å²) in [5.74, 6) is 2.72. The van der Waals surface area contributed by atoms with Crippen molar-refractivity contribution >= 4 is 22.6 Å². The number of piperidine rings is 1. The average molecular weight is 702 g/mol. The standard InChI is InChI=1S/C44H43N7O2/c1-53-43(52)50-38(28-5-3-2-4-6-28)25-51-26-44(17-18-44)22-39(51)41-45-24-37(48-41)33-14-13-31-19-30(11-12-32(31)20-33)27-7-9-29(10-8-27)36-23-46-42(49-36)40-34-15-16-35(21-34)47-40/h2-14,19-20,23-25,34-35,39-40,47H,15-18,21-22,26H2,1H3,(H,45,48)(H,46,49)(H,50,52). The van der Waals surface area contributed by atoms with E-state index >= 15 is 0 Å². The number of likely N-dealkylation sites (tertiary alicyclic amines) is 1. The van der Waals surface area contributed by atoms with Gasteiger partial charge in [-0.2, -0.15) is 0 Å². The number of aromatic nitrogens is 4. The molecule has 4 fully saturated rings. The van der Waals surface area contributed by atoms with Crippen LogP contribution in [0.1, 0.15) is 67.8 Å². The van der Waals surface area contributed by atoms with E-state index in [2.05, 4.69) is 92.4 Å². The highest BCUT2D eigenvalue weighted by Gasteiger charge is 2.52. The van der Waals surface area contributed by atoms with Crippen molar-refractivity contribution in [2.45, 2.75) is 56.7 Å². The van der Waals surface area contributed by atoms with Gasteiger partial charge in [-0.3, -0.25) is 5.32 Å². The van der Waals surface area contributed by atoms with Gasteiger partial charge in [0.05, 0.1) is 48.7 Å². The lowest BCUT2D eigenvalue weighted by atomic mass is 9.98. The van der Waals surface area contributed by atoms with E-state index in [4.69, 9.17) is 14.7 Å². The molecule has 4 heterocycles. The minimum Gasteiger partial charge on any atom is -0.453 e. The second-order valence-corrected chi connectivity index (χ2v) is 15.6. The number of ether oxygens (including phenoxy) is 1. The van der Waals surface area contributed by atoms with Gasteiger partial charge in [0.2, 0.25) is 0 Å². The summed E-state index contributed by atoms with van der Waals surface area (Å²) in [6.45, 7) is 0.927. The van der Waals surface area contributed by atoms with Gasteiger partial charge in [-0.05, 0) is 95.0 Å². The lowest BCUT2D eigenvalue weighted by Crippen LogP contribution is -2.29. The first-order chi connectivity index (χ1) is 26.0. The zero-order valence-corrected chi connectivity index (χ0v) is 29.8. The van der Waals surface area contributed by atoms with Crippen molar-refractivity contribution in [1.82, 2.24) is 35.5 Å². The second-order valence-electron chi connectivity index (χ2n) is 15.6. The van der Waals surface area contributed by atoms with Crippen LogP contribution in [0.2, 0.25) is 0 Å². The highest BCUT2D eigenvalue weighted by molar-refractivity contribution is 5.90. The summed E-state index contributed by atoms with van der Waals surface area (Å²) in [6.07, 6.45) is 12.9. The van der Waals surface area contributed by atoms with Crippen LogP contribution in [0.4, 0.5) is 4.79 Å².